The van der Waals surface area contributed by atoms with E-state index in [0.717, 1.165) is 42.4 Å². The molecule has 2 unspecified atom stereocenters. The normalized spacial score (nSPS) is 21.6. The fourth-order valence-electron chi connectivity index (χ4n) is 5.37. The number of benzene rings is 2. The molecule has 37 heavy (non-hydrogen) atoms. The van der Waals surface area contributed by atoms with Crippen molar-refractivity contribution in [2.75, 3.05) is 0 Å². The third-order valence-corrected chi connectivity index (χ3v) is 7.10. The van der Waals surface area contributed by atoms with Gasteiger partial charge in [-0.25, -0.2) is 4.79 Å². The van der Waals surface area contributed by atoms with Crippen molar-refractivity contribution < 1.29 is 19.1 Å². The third-order valence-electron chi connectivity index (χ3n) is 7.10. The summed E-state index contributed by atoms with van der Waals surface area (Å²) >= 11 is 0. The first-order valence-corrected chi connectivity index (χ1v) is 12.8. The van der Waals surface area contributed by atoms with E-state index in [-0.39, 0.29) is 17.9 Å². The van der Waals surface area contributed by atoms with E-state index in [1.54, 1.807) is 23.1 Å². The van der Waals surface area contributed by atoms with Crippen LogP contribution in [0.25, 0.3) is 11.1 Å². The Kier molecular flexibility index (Phi) is 7.53. The van der Waals surface area contributed by atoms with Crippen LogP contribution in [0.4, 0.5) is 4.79 Å². The Balaban J connectivity index is 1.44. The van der Waals surface area contributed by atoms with Crippen molar-refractivity contribution in [3.05, 3.63) is 59.7 Å². The molecule has 3 fully saturated rings. The standard InChI is InChI=1S/C29H34N4O4/c1-29(2,3)37-28(36)33-24-13-11-20(12-14-24)25(33)27(35)32-23(17-30)15-18-7-9-19(10-8-18)21-5-4-6-22(16-21)26(31)34/h4-10,16,20,23-25H,11-15H2,1-3H3,(H2,31,34)(H,32,35). The molecule has 0 spiro atoms. The van der Waals surface area contributed by atoms with Gasteiger partial charge in [-0.05, 0) is 81.2 Å². The lowest BCUT2D eigenvalue weighted by molar-refractivity contribution is -0.135. The van der Waals surface area contributed by atoms with Crippen LogP contribution in [0.5, 0.6) is 0 Å². The van der Waals surface area contributed by atoms with Gasteiger partial charge in [0, 0.05) is 18.0 Å². The third kappa shape index (κ3) is 6.11. The van der Waals surface area contributed by atoms with E-state index >= 15 is 0 Å². The van der Waals surface area contributed by atoms with Gasteiger partial charge in [0.05, 0.1) is 6.07 Å². The summed E-state index contributed by atoms with van der Waals surface area (Å²) in [4.78, 5) is 39.5. The van der Waals surface area contributed by atoms with Crippen molar-refractivity contribution >= 4 is 17.9 Å². The monoisotopic (exact) mass is 502 g/mol. The van der Waals surface area contributed by atoms with Crippen LogP contribution in [-0.2, 0) is 16.0 Å². The Morgan fingerprint density at radius 3 is 2.35 bits per heavy atom. The molecule has 8 nitrogen and oxygen atoms in total. The van der Waals surface area contributed by atoms with Gasteiger partial charge in [-0.2, -0.15) is 5.26 Å². The van der Waals surface area contributed by atoms with Crippen LogP contribution in [0.15, 0.2) is 48.5 Å². The van der Waals surface area contributed by atoms with E-state index in [2.05, 4.69) is 11.4 Å². The molecule has 1 aliphatic carbocycles. The van der Waals surface area contributed by atoms with Gasteiger partial charge in [0.1, 0.15) is 17.7 Å². The largest absolute Gasteiger partial charge is 0.444 e. The fourth-order valence-corrected chi connectivity index (χ4v) is 5.37. The number of nitrogens with zero attached hydrogens (tertiary/aromatic N) is 2. The summed E-state index contributed by atoms with van der Waals surface area (Å²) in [5.41, 5.74) is 7.83. The lowest BCUT2D eigenvalue weighted by Crippen LogP contribution is -2.64. The molecule has 3 amide bonds. The summed E-state index contributed by atoms with van der Waals surface area (Å²) in [6.45, 7) is 5.44. The van der Waals surface area contributed by atoms with Crippen LogP contribution in [0.2, 0.25) is 0 Å². The number of nitrogens with one attached hydrogen (secondary N) is 1. The Bertz CT molecular complexity index is 1200. The van der Waals surface area contributed by atoms with E-state index in [9.17, 15) is 19.6 Å². The Morgan fingerprint density at radius 1 is 1.08 bits per heavy atom. The van der Waals surface area contributed by atoms with Crippen molar-refractivity contribution in [3.8, 4) is 17.2 Å². The number of fused-ring (bicyclic) bond motifs is 3. The fraction of sp³-hybridized carbons (Fsp3) is 0.448. The highest BCUT2D eigenvalue weighted by Gasteiger charge is 2.49. The molecule has 2 bridgehead atoms. The number of nitrogens with two attached hydrogens (primary N) is 1. The van der Waals surface area contributed by atoms with Crippen LogP contribution in [-0.4, -0.2) is 46.5 Å². The number of nitriles is 1. The lowest BCUT2D eigenvalue weighted by Gasteiger charge is -2.50. The van der Waals surface area contributed by atoms with Crippen LogP contribution in [0.1, 0.15) is 62.4 Å². The topological polar surface area (TPSA) is 126 Å². The predicted octanol–water partition coefficient (Wildman–Crippen LogP) is 4.18. The van der Waals surface area contributed by atoms with E-state index in [4.69, 9.17) is 10.5 Å². The molecule has 2 atom stereocenters. The van der Waals surface area contributed by atoms with Crippen molar-refractivity contribution in [2.24, 2.45) is 11.7 Å². The van der Waals surface area contributed by atoms with Gasteiger partial charge >= 0.3 is 6.09 Å². The van der Waals surface area contributed by atoms with Crippen LogP contribution >= 0.6 is 0 Å². The molecule has 0 radical (unpaired) electrons. The number of carbonyl (C=O) groups is 3. The minimum Gasteiger partial charge on any atom is -0.444 e. The Morgan fingerprint density at radius 2 is 1.76 bits per heavy atom. The molecule has 2 aromatic carbocycles. The van der Waals surface area contributed by atoms with Gasteiger partial charge in [0.25, 0.3) is 0 Å². The highest BCUT2D eigenvalue weighted by Crippen LogP contribution is 2.40. The molecule has 2 aromatic rings. The number of carbonyl (C=O) groups excluding carboxylic acids is 3. The molecular weight excluding hydrogens is 468 g/mol. The van der Waals surface area contributed by atoms with Gasteiger partial charge in [0.15, 0.2) is 0 Å². The average Bonchev–Trinajstić information content (AvgIpc) is 2.87. The van der Waals surface area contributed by atoms with Gasteiger partial charge in [-0.3, -0.25) is 14.5 Å². The minimum atomic E-state index is -0.738. The van der Waals surface area contributed by atoms with Crippen LogP contribution < -0.4 is 11.1 Å². The second-order valence-corrected chi connectivity index (χ2v) is 10.9. The molecular formula is C29H34N4O4. The summed E-state index contributed by atoms with van der Waals surface area (Å²) < 4.78 is 5.62. The summed E-state index contributed by atoms with van der Waals surface area (Å²) in [5.74, 6) is -0.721. The van der Waals surface area contributed by atoms with Gasteiger partial charge in [-0.1, -0.05) is 36.4 Å². The summed E-state index contributed by atoms with van der Waals surface area (Å²) in [7, 11) is 0. The maximum Gasteiger partial charge on any atom is 0.411 e. The maximum atomic E-state index is 13.4. The van der Waals surface area contributed by atoms with E-state index in [1.807, 2.05) is 51.1 Å². The van der Waals surface area contributed by atoms with E-state index < -0.39 is 29.7 Å². The molecule has 3 aliphatic rings. The minimum absolute atomic E-state index is 0.0169. The smallest absolute Gasteiger partial charge is 0.411 e. The number of ether oxygens (including phenoxy) is 1. The molecule has 194 valence electrons. The van der Waals surface area contributed by atoms with Gasteiger partial charge in [0.2, 0.25) is 11.8 Å². The summed E-state index contributed by atoms with van der Waals surface area (Å²) in [5, 5.41) is 12.7. The molecule has 1 saturated carbocycles. The van der Waals surface area contributed by atoms with Crippen molar-refractivity contribution in [1.82, 2.24) is 10.2 Å². The lowest BCUT2D eigenvalue weighted by atomic mass is 9.74. The molecule has 2 heterocycles. The van der Waals surface area contributed by atoms with Crippen LogP contribution in [0, 0.1) is 17.2 Å². The second-order valence-electron chi connectivity index (χ2n) is 10.9. The Labute approximate surface area is 217 Å². The first-order chi connectivity index (χ1) is 17.6. The van der Waals surface area contributed by atoms with Crippen LogP contribution in [0.3, 0.4) is 0 Å². The highest BCUT2D eigenvalue weighted by molar-refractivity contribution is 5.94. The van der Waals surface area contributed by atoms with Crippen molar-refractivity contribution in [2.45, 2.75) is 76.6 Å². The molecule has 8 heteroatoms. The first kappa shape index (κ1) is 26.2. The average molecular weight is 503 g/mol. The van der Waals surface area contributed by atoms with Gasteiger partial charge < -0.3 is 15.8 Å². The van der Waals surface area contributed by atoms with Crippen molar-refractivity contribution in [1.29, 1.82) is 5.26 Å². The highest BCUT2D eigenvalue weighted by atomic mass is 16.6. The second kappa shape index (κ2) is 10.6. The summed E-state index contributed by atoms with van der Waals surface area (Å²) in [6, 6.07) is 15.5. The number of amides is 3. The zero-order valence-corrected chi connectivity index (χ0v) is 21.6. The number of piperidine rings is 2. The summed E-state index contributed by atoms with van der Waals surface area (Å²) in [6.07, 6.45) is 3.37. The number of rotatable bonds is 6. The Hall–Kier alpha value is -3.86. The molecule has 3 N–H and O–H groups in total. The van der Waals surface area contributed by atoms with E-state index in [0.29, 0.717) is 12.0 Å². The predicted molar refractivity (Wildman–Crippen MR) is 139 cm³/mol. The number of hydrogen-bond donors (Lipinski definition) is 2. The molecule has 2 aliphatic heterocycles. The number of primary amides is 1. The molecule has 0 aromatic heterocycles. The first-order valence-electron chi connectivity index (χ1n) is 12.8. The van der Waals surface area contributed by atoms with Crippen molar-refractivity contribution in [3.63, 3.8) is 0 Å². The molecule has 5 rings (SSSR count). The maximum absolute atomic E-state index is 13.4. The number of hydrogen-bond acceptors (Lipinski definition) is 5. The zero-order chi connectivity index (χ0) is 26.7. The quantitative estimate of drug-likeness (QED) is 0.613. The molecule has 2 saturated heterocycles. The SMILES string of the molecule is CC(C)(C)OC(=O)N1C2CCC(CC2)C1C(=O)NC(C#N)Cc1ccc(-c2cccc(C(N)=O)c2)cc1. The zero-order valence-electron chi connectivity index (χ0n) is 21.6. The van der Waals surface area contributed by atoms with E-state index in [1.165, 1.54) is 0 Å². The van der Waals surface area contributed by atoms with Gasteiger partial charge in [-0.15, -0.1) is 0 Å².